The van der Waals surface area contributed by atoms with Crippen LogP contribution in [0.4, 0.5) is 4.39 Å². The lowest BCUT2D eigenvalue weighted by Crippen LogP contribution is -2.26. The van der Waals surface area contributed by atoms with Crippen molar-refractivity contribution in [1.29, 1.82) is 0 Å². The van der Waals surface area contributed by atoms with Gasteiger partial charge in [0, 0.05) is 0 Å². The van der Waals surface area contributed by atoms with Crippen LogP contribution in [0, 0.1) is 5.82 Å². The highest BCUT2D eigenvalue weighted by molar-refractivity contribution is 9.10. The lowest BCUT2D eigenvalue weighted by Gasteiger charge is -2.14. The third-order valence-electron chi connectivity index (χ3n) is 2.82. The monoisotopic (exact) mass is 341 g/mol. The summed E-state index contributed by atoms with van der Waals surface area (Å²) in [6.07, 6.45) is 0. The van der Waals surface area contributed by atoms with Crippen molar-refractivity contribution in [2.24, 2.45) is 0 Å². The Hall–Kier alpha value is -1.82. The Labute approximate surface area is 124 Å². The Morgan fingerprint density at radius 1 is 1.40 bits per heavy atom. The standard InChI is InChI=1S/C14H13BrFNO3/c1-8(9-3-4-11(19-2)10(16)7-9)17-14(18)12-5-6-13(15)20-12/h3-8H,1-2H3,(H,17,18). The molecular formula is C14H13BrFNO3. The molecule has 4 nitrogen and oxygen atoms in total. The number of methoxy groups -OCH3 is 1. The average molecular weight is 342 g/mol. The minimum Gasteiger partial charge on any atom is -0.494 e. The van der Waals surface area contributed by atoms with E-state index >= 15 is 0 Å². The molecule has 1 aromatic heterocycles. The Balaban J connectivity index is 2.10. The molecule has 0 fully saturated rings. The summed E-state index contributed by atoms with van der Waals surface area (Å²) in [6, 6.07) is 7.39. The first-order valence-corrected chi connectivity index (χ1v) is 6.70. The normalized spacial score (nSPS) is 12.0. The maximum Gasteiger partial charge on any atom is 0.287 e. The maximum absolute atomic E-state index is 13.6. The Morgan fingerprint density at radius 3 is 2.70 bits per heavy atom. The Kier molecular flexibility index (Phi) is 4.44. The molecule has 1 aromatic carbocycles. The highest BCUT2D eigenvalue weighted by atomic mass is 79.9. The van der Waals surface area contributed by atoms with Crippen LogP contribution in [0.25, 0.3) is 0 Å². The molecule has 0 saturated carbocycles. The number of rotatable bonds is 4. The van der Waals surface area contributed by atoms with E-state index in [1.54, 1.807) is 25.1 Å². The molecule has 0 aliphatic rings. The fourth-order valence-electron chi connectivity index (χ4n) is 1.74. The smallest absolute Gasteiger partial charge is 0.287 e. The molecule has 0 aliphatic carbocycles. The van der Waals surface area contributed by atoms with Gasteiger partial charge in [0.25, 0.3) is 5.91 Å². The number of ether oxygens (including phenoxy) is 1. The van der Waals surface area contributed by atoms with Gasteiger partial charge in [-0.1, -0.05) is 6.07 Å². The van der Waals surface area contributed by atoms with Crippen LogP contribution in [-0.2, 0) is 0 Å². The fourth-order valence-corrected chi connectivity index (χ4v) is 2.05. The molecule has 0 spiro atoms. The van der Waals surface area contributed by atoms with Crippen LogP contribution in [-0.4, -0.2) is 13.0 Å². The van der Waals surface area contributed by atoms with Gasteiger partial charge in [0.05, 0.1) is 13.2 Å². The summed E-state index contributed by atoms with van der Waals surface area (Å²) in [5.41, 5.74) is 0.641. The van der Waals surface area contributed by atoms with Gasteiger partial charge in [-0.3, -0.25) is 4.79 Å². The summed E-state index contributed by atoms with van der Waals surface area (Å²) < 4.78 is 24.1. The third kappa shape index (κ3) is 3.19. The molecule has 1 atom stereocenters. The van der Waals surface area contributed by atoms with Crippen molar-refractivity contribution < 1.29 is 18.3 Å². The van der Waals surface area contributed by atoms with E-state index < -0.39 is 5.82 Å². The summed E-state index contributed by atoms with van der Waals surface area (Å²) >= 11 is 3.13. The van der Waals surface area contributed by atoms with E-state index in [0.717, 1.165) is 0 Å². The van der Waals surface area contributed by atoms with E-state index in [1.807, 2.05) is 0 Å². The predicted octanol–water partition coefficient (Wildman–Crippen LogP) is 3.68. The van der Waals surface area contributed by atoms with Crippen molar-refractivity contribution >= 4 is 21.8 Å². The third-order valence-corrected chi connectivity index (χ3v) is 3.25. The Bertz CT molecular complexity index is 627. The lowest BCUT2D eigenvalue weighted by atomic mass is 10.1. The van der Waals surface area contributed by atoms with Crippen molar-refractivity contribution in [2.75, 3.05) is 7.11 Å². The summed E-state index contributed by atoms with van der Waals surface area (Å²) in [6.45, 7) is 1.76. The van der Waals surface area contributed by atoms with Gasteiger partial charge in [-0.2, -0.15) is 0 Å². The van der Waals surface area contributed by atoms with Crippen LogP contribution in [0.2, 0.25) is 0 Å². The maximum atomic E-state index is 13.6. The van der Waals surface area contributed by atoms with Crippen LogP contribution >= 0.6 is 15.9 Å². The number of furan rings is 1. The summed E-state index contributed by atoms with van der Waals surface area (Å²) in [4.78, 5) is 11.9. The fraction of sp³-hybridized carbons (Fsp3) is 0.214. The van der Waals surface area contributed by atoms with Gasteiger partial charge in [0.2, 0.25) is 0 Å². The minimum absolute atomic E-state index is 0.169. The molecule has 1 unspecified atom stereocenters. The summed E-state index contributed by atoms with van der Waals surface area (Å²) in [7, 11) is 1.40. The molecule has 1 amide bonds. The number of hydrogen-bond donors (Lipinski definition) is 1. The number of carbonyl (C=O) groups excluding carboxylic acids is 1. The van der Waals surface area contributed by atoms with Crippen molar-refractivity contribution in [1.82, 2.24) is 5.32 Å². The number of benzene rings is 1. The van der Waals surface area contributed by atoms with Crippen molar-refractivity contribution in [3.05, 3.63) is 52.1 Å². The molecule has 2 rings (SSSR count). The van der Waals surface area contributed by atoms with E-state index in [-0.39, 0.29) is 23.5 Å². The molecule has 0 saturated heterocycles. The second-order valence-corrected chi connectivity index (χ2v) is 4.97. The van der Waals surface area contributed by atoms with E-state index in [4.69, 9.17) is 9.15 Å². The Morgan fingerprint density at radius 2 is 2.15 bits per heavy atom. The van der Waals surface area contributed by atoms with E-state index in [0.29, 0.717) is 10.2 Å². The summed E-state index contributed by atoms with van der Waals surface area (Å²) in [5, 5.41) is 2.73. The van der Waals surface area contributed by atoms with Crippen LogP contribution < -0.4 is 10.1 Å². The first-order valence-electron chi connectivity index (χ1n) is 5.91. The molecule has 1 heterocycles. The first kappa shape index (κ1) is 14.6. The van der Waals surface area contributed by atoms with Gasteiger partial charge >= 0.3 is 0 Å². The zero-order chi connectivity index (χ0) is 14.7. The quantitative estimate of drug-likeness (QED) is 0.922. The number of nitrogens with one attached hydrogen (secondary N) is 1. The molecule has 6 heteroatoms. The van der Waals surface area contributed by atoms with Crippen LogP contribution in [0.1, 0.15) is 29.1 Å². The number of hydrogen-bond acceptors (Lipinski definition) is 3. The topological polar surface area (TPSA) is 51.5 Å². The van der Waals surface area contributed by atoms with Gasteiger partial charge in [-0.15, -0.1) is 0 Å². The first-order chi connectivity index (χ1) is 9.51. The summed E-state index contributed by atoms with van der Waals surface area (Å²) in [5.74, 6) is -0.466. The molecule has 2 aromatic rings. The molecule has 1 N–H and O–H groups in total. The second-order valence-electron chi connectivity index (χ2n) is 4.19. The van der Waals surface area contributed by atoms with E-state index in [9.17, 15) is 9.18 Å². The zero-order valence-electron chi connectivity index (χ0n) is 10.9. The van der Waals surface area contributed by atoms with E-state index in [1.165, 1.54) is 19.2 Å². The highest BCUT2D eigenvalue weighted by Crippen LogP contribution is 2.22. The van der Waals surface area contributed by atoms with Gasteiger partial charge in [0.1, 0.15) is 0 Å². The number of halogens is 2. The van der Waals surface area contributed by atoms with Gasteiger partial charge in [-0.25, -0.2) is 4.39 Å². The molecule has 0 bridgehead atoms. The molecule has 106 valence electrons. The van der Waals surface area contributed by atoms with Crippen molar-refractivity contribution in [3.8, 4) is 5.75 Å². The van der Waals surface area contributed by atoms with Gasteiger partial charge < -0.3 is 14.5 Å². The largest absolute Gasteiger partial charge is 0.494 e. The van der Waals surface area contributed by atoms with E-state index in [2.05, 4.69) is 21.2 Å². The SMILES string of the molecule is COc1ccc(C(C)NC(=O)c2ccc(Br)o2)cc1F. The predicted molar refractivity (Wildman–Crippen MR) is 75.2 cm³/mol. The van der Waals surface area contributed by atoms with Crippen LogP contribution in [0.5, 0.6) is 5.75 Å². The van der Waals surface area contributed by atoms with Gasteiger partial charge in [-0.05, 0) is 52.7 Å². The molecule has 20 heavy (non-hydrogen) atoms. The van der Waals surface area contributed by atoms with Crippen LogP contribution in [0.15, 0.2) is 39.4 Å². The van der Waals surface area contributed by atoms with Gasteiger partial charge in [0.15, 0.2) is 22.0 Å². The minimum atomic E-state index is -0.466. The average Bonchev–Trinajstić information content (AvgIpc) is 2.85. The number of carbonyl (C=O) groups is 1. The molecule has 0 radical (unpaired) electrons. The van der Waals surface area contributed by atoms with Crippen molar-refractivity contribution in [3.63, 3.8) is 0 Å². The highest BCUT2D eigenvalue weighted by Gasteiger charge is 2.15. The second kappa shape index (κ2) is 6.09. The van der Waals surface area contributed by atoms with Crippen molar-refractivity contribution in [2.45, 2.75) is 13.0 Å². The number of amides is 1. The van der Waals surface area contributed by atoms with Crippen LogP contribution in [0.3, 0.4) is 0 Å². The molecular weight excluding hydrogens is 329 g/mol. The molecule has 0 aliphatic heterocycles. The lowest BCUT2D eigenvalue weighted by molar-refractivity contribution is 0.0910. The zero-order valence-corrected chi connectivity index (χ0v) is 12.5.